The van der Waals surface area contributed by atoms with Crippen molar-refractivity contribution >= 4 is 0 Å². The van der Waals surface area contributed by atoms with Gasteiger partial charge in [-0.2, -0.15) is 0 Å². The minimum absolute atomic E-state index is 0.00130. The van der Waals surface area contributed by atoms with Crippen molar-refractivity contribution in [1.29, 1.82) is 0 Å². The van der Waals surface area contributed by atoms with E-state index in [0.717, 1.165) is 12.1 Å². The van der Waals surface area contributed by atoms with E-state index in [-0.39, 0.29) is 5.56 Å². The summed E-state index contributed by atoms with van der Waals surface area (Å²) in [5.41, 5.74) is 2.24. The van der Waals surface area contributed by atoms with E-state index in [0.29, 0.717) is 0 Å². The van der Waals surface area contributed by atoms with E-state index in [1.165, 1.54) is 6.92 Å². The van der Waals surface area contributed by atoms with Crippen LogP contribution in [0.15, 0.2) is 12.1 Å². The summed E-state index contributed by atoms with van der Waals surface area (Å²) in [6, 6.07) is 1.45. The maximum absolute atomic E-state index is 13.0. The summed E-state index contributed by atoms with van der Waals surface area (Å²) >= 11 is 0. The van der Waals surface area contributed by atoms with Crippen molar-refractivity contribution < 1.29 is 13.2 Å². The molecule has 0 heterocycles. The summed E-state index contributed by atoms with van der Waals surface area (Å²) in [5, 5.41) is 0. The molecule has 3 N–H and O–H groups in total. The summed E-state index contributed by atoms with van der Waals surface area (Å²) < 4.78 is 38.1. The van der Waals surface area contributed by atoms with Crippen LogP contribution in [0, 0.1) is 17.5 Å². The second-order valence-corrected chi connectivity index (χ2v) is 2.65. The molecule has 13 heavy (non-hydrogen) atoms. The van der Waals surface area contributed by atoms with Crippen LogP contribution in [0.4, 0.5) is 13.2 Å². The Kier molecular flexibility index (Phi) is 2.90. The molecule has 0 amide bonds. The first-order valence-electron chi connectivity index (χ1n) is 3.67. The van der Waals surface area contributed by atoms with Gasteiger partial charge in [0.05, 0.1) is 0 Å². The zero-order chi connectivity index (χ0) is 10.0. The molecule has 0 aromatic heterocycles. The first kappa shape index (κ1) is 10.0. The maximum atomic E-state index is 13.0. The van der Waals surface area contributed by atoms with E-state index in [1.54, 1.807) is 0 Å². The van der Waals surface area contributed by atoms with Crippen molar-refractivity contribution in [3.63, 3.8) is 0 Å². The Balaban J connectivity index is 3.18. The zero-order valence-corrected chi connectivity index (χ0v) is 6.94. The van der Waals surface area contributed by atoms with Gasteiger partial charge in [-0.25, -0.2) is 13.2 Å². The lowest BCUT2D eigenvalue weighted by atomic mass is 10.1. The van der Waals surface area contributed by atoms with Gasteiger partial charge >= 0.3 is 0 Å². The molecule has 0 aliphatic heterocycles. The number of benzene rings is 1. The van der Waals surface area contributed by atoms with E-state index >= 15 is 0 Å². The van der Waals surface area contributed by atoms with Gasteiger partial charge in [0.1, 0.15) is 0 Å². The SMILES string of the molecule is CC(NN)c1ccc(F)c(F)c1F. The molecule has 1 aromatic carbocycles. The van der Waals surface area contributed by atoms with Crippen LogP contribution in [0.25, 0.3) is 0 Å². The molecule has 0 aliphatic rings. The van der Waals surface area contributed by atoms with Crippen molar-refractivity contribution in [3.8, 4) is 0 Å². The topological polar surface area (TPSA) is 38.0 Å². The predicted molar refractivity (Wildman–Crippen MR) is 42.1 cm³/mol. The van der Waals surface area contributed by atoms with E-state index in [2.05, 4.69) is 5.43 Å². The predicted octanol–water partition coefficient (Wildman–Crippen LogP) is 1.63. The highest BCUT2D eigenvalue weighted by Crippen LogP contribution is 2.20. The highest BCUT2D eigenvalue weighted by atomic mass is 19.2. The van der Waals surface area contributed by atoms with E-state index < -0.39 is 23.5 Å². The summed E-state index contributed by atoms with van der Waals surface area (Å²) in [6.45, 7) is 1.54. The molecule has 0 radical (unpaired) electrons. The third-order valence-corrected chi connectivity index (χ3v) is 1.78. The Hall–Kier alpha value is -1.07. The average Bonchev–Trinajstić information content (AvgIpc) is 2.13. The Morgan fingerprint density at radius 2 is 1.85 bits per heavy atom. The number of hydrazine groups is 1. The fourth-order valence-electron chi connectivity index (χ4n) is 0.965. The Morgan fingerprint density at radius 3 is 2.38 bits per heavy atom. The van der Waals surface area contributed by atoms with Crippen molar-refractivity contribution in [3.05, 3.63) is 35.1 Å². The fourth-order valence-corrected chi connectivity index (χ4v) is 0.965. The molecular formula is C8H9F3N2. The number of rotatable bonds is 2. The second kappa shape index (κ2) is 3.76. The molecule has 0 spiro atoms. The number of nitrogens with two attached hydrogens (primary N) is 1. The lowest BCUT2D eigenvalue weighted by Gasteiger charge is -2.11. The molecule has 0 aliphatic carbocycles. The van der Waals surface area contributed by atoms with Gasteiger partial charge in [-0.1, -0.05) is 6.07 Å². The molecule has 0 bridgehead atoms. The van der Waals surface area contributed by atoms with Crippen molar-refractivity contribution in [1.82, 2.24) is 5.43 Å². The monoisotopic (exact) mass is 190 g/mol. The van der Waals surface area contributed by atoms with Gasteiger partial charge < -0.3 is 0 Å². The third-order valence-electron chi connectivity index (χ3n) is 1.78. The highest BCUT2D eigenvalue weighted by Gasteiger charge is 2.16. The number of hydrogen-bond donors (Lipinski definition) is 2. The Morgan fingerprint density at radius 1 is 1.23 bits per heavy atom. The molecule has 5 heteroatoms. The molecule has 2 nitrogen and oxygen atoms in total. The van der Waals surface area contributed by atoms with Crippen molar-refractivity contribution in [2.24, 2.45) is 5.84 Å². The van der Waals surface area contributed by atoms with Crippen LogP contribution < -0.4 is 11.3 Å². The molecule has 1 rings (SSSR count). The van der Waals surface area contributed by atoms with E-state index in [9.17, 15) is 13.2 Å². The molecule has 1 unspecified atom stereocenters. The van der Waals surface area contributed by atoms with Crippen LogP contribution in [0.5, 0.6) is 0 Å². The van der Waals surface area contributed by atoms with Crippen molar-refractivity contribution in [2.75, 3.05) is 0 Å². The molecule has 0 fully saturated rings. The van der Waals surface area contributed by atoms with Crippen molar-refractivity contribution in [2.45, 2.75) is 13.0 Å². The second-order valence-electron chi connectivity index (χ2n) is 2.65. The molecular weight excluding hydrogens is 181 g/mol. The standard InChI is InChI=1S/C8H9F3N2/c1-4(13-12)5-2-3-6(9)8(11)7(5)10/h2-4,13H,12H2,1H3. The van der Waals surface area contributed by atoms with Crippen LogP contribution in [-0.2, 0) is 0 Å². The van der Waals surface area contributed by atoms with Gasteiger partial charge in [0.25, 0.3) is 0 Å². The lowest BCUT2D eigenvalue weighted by molar-refractivity contribution is 0.430. The van der Waals surface area contributed by atoms with Gasteiger partial charge in [0.15, 0.2) is 17.5 Å². The van der Waals surface area contributed by atoms with Crippen LogP contribution in [0.2, 0.25) is 0 Å². The minimum atomic E-state index is -1.47. The summed E-state index contributed by atoms with van der Waals surface area (Å²) in [7, 11) is 0. The summed E-state index contributed by atoms with van der Waals surface area (Å²) in [4.78, 5) is 0. The van der Waals surface area contributed by atoms with Crippen LogP contribution in [0.1, 0.15) is 18.5 Å². The van der Waals surface area contributed by atoms with Crippen LogP contribution in [0.3, 0.4) is 0 Å². The summed E-state index contributed by atoms with van der Waals surface area (Å²) in [6.07, 6.45) is 0. The Bertz CT molecular complexity index is 315. The van der Waals surface area contributed by atoms with E-state index in [1.807, 2.05) is 0 Å². The van der Waals surface area contributed by atoms with Gasteiger partial charge in [0, 0.05) is 11.6 Å². The van der Waals surface area contributed by atoms with Gasteiger partial charge in [-0.05, 0) is 13.0 Å². The first-order chi connectivity index (χ1) is 6.07. The zero-order valence-electron chi connectivity index (χ0n) is 6.94. The lowest BCUT2D eigenvalue weighted by Crippen LogP contribution is -2.26. The third kappa shape index (κ3) is 1.81. The smallest absolute Gasteiger partial charge is 0.194 e. The van der Waals surface area contributed by atoms with Crippen LogP contribution >= 0.6 is 0 Å². The maximum Gasteiger partial charge on any atom is 0.194 e. The normalized spacial score (nSPS) is 13.0. The molecule has 1 aromatic rings. The highest BCUT2D eigenvalue weighted by molar-refractivity contribution is 5.22. The van der Waals surface area contributed by atoms with Gasteiger partial charge in [-0.3, -0.25) is 11.3 Å². The number of halogens is 3. The fraction of sp³-hybridized carbons (Fsp3) is 0.250. The largest absolute Gasteiger partial charge is 0.271 e. The average molecular weight is 190 g/mol. The first-order valence-corrected chi connectivity index (χ1v) is 3.67. The van der Waals surface area contributed by atoms with Gasteiger partial charge in [0.2, 0.25) is 0 Å². The minimum Gasteiger partial charge on any atom is -0.271 e. The van der Waals surface area contributed by atoms with E-state index in [4.69, 9.17) is 5.84 Å². The summed E-state index contributed by atoms with van der Waals surface area (Å²) in [5.74, 6) is 1.15. The molecule has 0 saturated heterocycles. The number of hydrogen-bond acceptors (Lipinski definition) is 2. The number of nitrogens with one attached hydrogen (secondary N) is 1. The van der Waals surface area contributed by atoms with Crippen LogP contribution in [-0.4, -0.2) is 0 Å². The molecule has 1 atom stereocenters. The Labute approximate surface area is 73.5 Å². The molecule has 72 valence electrons. The quantitative estimate of drug-likeness (QED) is 0.422. The van der Waals surface area contributed by atoms with Gasteiger partial charge in [-0.15, -0.1) is 0 Å². The molecule has 0 saturated carbocycles.